The molecule has 0 unspecified atom stereocenters. The summed E-state index contributed by atoms with van der Waals surface area (Å²) in [7, 11) is 1.63. The van der Waals surface area contributed by atoms with Gasteiger partial charge >= 0.3 is 0 Å². The summed E-state index contributed by atoms with van der Waals surface area (Å²) in [6, 6.07) is 24.4. The molecule has 5 nitrogen and oxygen atoms in total. The molecule has 0 saturated carbocycles. The fraction of sp³-hybridized carbons (Fsp3) is 0.250. The number of carbonyl (C=O) groups is 1. The Morgan fingerprint density at radius 1 is 0.971 bits per heavy atom. The van der Waals surface area contributed by atoms with E-state index >= 15 is 0 Å². The molecule has 0 radical (unpaired) electrons. The van der Waals surface area contributed by atoms with Gasteiger partial charge in [0, 0.05) is 42.8 Å². The second-order valence-electron chi connectivity index (χ2n) is 8.86. The minimum atomic E-state index is -0.558. The Morgan fingerprint density at radius 3 is 2.38 bits per heavy atom. The van der Waals surface area contributed by atoms with Crippen LogP contribution in [0.2, 0.25) is 0 Å². The molecule has 2 aliphatic rings. The van der Waals surface area contributed by atoms with Crippen molar-refractivity contribution in [2.75, 3.05) is 30.4 Å². The summed E-state index contributed by atoms with van der Waals surface area (Å²) in [5.41, 5.74) is 3.04. The van der Waals surface area contributed by atoms with Crippen molar-refractivity contribution < 1.29 is 13.9 Å². The van der Waals surface area contributed by atoms with Gasteiger partial charge in [0.1, 0.15) is 11.6 Å². The number of nitrogens with one attached hydrogen (secondary N) is 1. The van der Waals surface area contributed by atoms with Crippen LogP contribution < -0.4 is 15.0 Å². The molecule has 3 aromatic rings. The van der Waals surface area contributed by atoms with Crippen molar-refractivity contribution in [3.63, 3.8) is 0 Å². The monoisotopic (exact) mass is 457 g/mol. The highest BCUT2D eigenvalue weighted by molar-refractivity contribution is 6.07. The highest BCUT2D eigenvalue weighted by Gasteiger charge is 2.50. The lowest BCUT2D eigenvalue weighted by molar-refractivity contribution is -0.114. The molecule has 2 aliphatic heterocycles. The summed E-state index contributed by atoms with van der Waals surface area (Å²) in [5.74, 6) is 0.295. The standard InChI is InChI=1S/C28H28FN3O2/c1-34-25-12-10-23(11-13-25)30-26-19-27(33)32(24-9-5-8-22(29)18-24)28(26)14-16-31(17-15-28)20-21-6-3-2-4-7-21/h2-13,18-19,30H,14-17,20H2,1H3. The van der Waals surface area contributed by atoms with E-state index in [0.29, 0.717) is 5.69 Å². The van der Waals surface area contributed by atoms with Gasteiger partial charge in [0.05, 0.1) is 12.6 Å². The molecule has 5 rings (SSSR count). The lowest BCUT2D eigenvalue weighted by atomic mass is 9.83. The number of anilines is 2. The number of methoxy groups -OCH3 is 1. The Morgan fingerprint density at radius 2 is 1.71 bits per heavy atom. The number of amides is 1. The Hall–Kier alpha value is -3.64. The molecular weight excluding hydrogens is 429 g/mol. The van der Waals surface area contributed by atoms with E-state index in [1.165, 1.54) is 17.7 Å². The predicted octanol–water partition coefficient (Wildman–Crippen LogP) is 5.21. The summed E-state index contributed by atoms with van der Waals surface area (Å²) in [6.07, 6.45) is 3.16. The molecular formula is C28H28FN3O2. The number of carbonyl (C=O) groups excluding carboxylic acids is 1. The number of nitrogens with zero attached hydrogens (tertiary/aromatic N) is 2. The van der Waals surface area contributed by atoms with Crippen molar-refractivity contribution in [2.45, 2.75) is 24.9 Å². The number of ether oxygens (including phenoxy) is 1. The molecule has 34 heavy (non-hydrogen) atoms. The molecule has 3 aromatic carbocycles. The number of halogens is 1. The number of hydrogen-bond donors (Lipinski definition) is 1. The van der Waals surface area contributed by atoms with Gasteiger partial charge in [-0.05, 0) is 60.9 Å². The van der Waals surface area contributed by atoms with E-state index in [4.69, 9.17) is 4.74 Å². The molecule has 1 spiro atoms. The highest BCUT2D eigenvalue weighted by Crippen LogP contribution is 2.43. The molecule has 1 saturated heterocycles. The van der Waals surface area contributed by atoms with Gasteiger partial charge in [-0.2, -0.15) is 0 Å². The predicted molar refractivity (Wildman–Crippen MR) is 132 cm³/mol. The molecule has 1 fully saturated rings. The largest absolute Gasteiger partial charge is 0.497 e. The van der Waals surface area contributed by atoms with E-state index in [0.717, 1.165) is 49.6 Å². The van der Waals surface area contributed by atoms with Crippen molar-refractivity contribution in [2.24, 2.45) is 0 Å². The maximum absolute atomic E-state index is 14.1. The van der Waals surface area contributed by atoms with Gasteiger partial charge in [-0.15, -0.1) is 0 Å². The Labute approximate surface area is 199 Å². The second-order valence-corrected chi connectivity index (χ2v) is 8.86. The molecule has 0 aromatic heterocycles. The quantitative estimate of drug-likeness (QED) is 0.552. The van der Waals surface area contributed by atoms with Gasteiger partial charge in [-0.1, -0.05) is 36.4 Å². The number of rotatable bonds is 6. The van der Waals surface area contributed by atoms with E-state index in [-0.39, 0.29) is 11.7 Å². The SMILES string of the molecule is COc1ccc(NC2=CC(=O)N(c3cccc(F)c3)C23CCN(Cc2ccccc2)CC3)cc1. The van der Waals surface area contributed by atoms with E-state index in [9.17, 15) is 9.18 Å². The van der Waals surface area contributed by atoms with Crippen LogP contribution in [0.4, 0.5) is 15.8 Å². The molecule has 174 valence electrons. The number of piperidine rings is 1. The maximum atomic E-state index is 14.1. The Balaban J connectivity index is 1.43. The molecule has 6 heteroatoms. The number of benzene rings is 3. The third-order valence-electron chi connectivity index (χ3n) is 6.79. The molecule has 0 aliphatic carbocycles. The molecule has 0 atom stereocenters. The van der Waals surface area contributed by atoms with E-state index < -0.39 is 5.54 Å². The van der Waals surface area contributed by atoms with Crippen molar-refractivity contribution in [3.8, 4) is 5.75 Å². The average Bonchev–Trinajstić information content (AvgIpc) is 3.12. The van der Waals surface area contributed by atoms with Gasteiger partial charge in [0.2, 0.25) is 0 Å². The second kappa shape index (κ2) is 9.31. The molecule has 0 bridgehead atoms. The topological polar surface area (TPSA) is 44.8 Å². The lowest BCUT2D eigenvalue weighted by Crippen LogP contribution is -2.56. The van der Waals surface area contributed by atoms with Gasteiger partial charge < -0.3 is 10.1 Å². The smallest absolute Gasteiger partial charge is 0.253 e. The lowest BCUT2D eigenvalue weighted by Gasteiger charge is -2.46. The zero-order chi connectivity index (χ0) is 23.5. The zero-order valence-corrected chi connectivity index (χ0v) is 19.2. The van der Waals surface area contributed by atoms with Crippen LogP contribution in [-0.2, 0) is 11.3 Å². The zero-order valence-electron chi connectivity index (χ0n) is 19.2. The molecule has 1 N–H and O–H groups in total. The molecule has 1 amide bonds. The van der Waals surface area contributed by atoms with Crippen LogP contribution >= 0.6 is 0 Å². The Kier molecular flexibility index (Phi) is 6.07. The van der Waals surface area contributed by atoms with Gasteiger partial charge in [-0.25, -0.2) is 4.39 Å². The normalized spacial score (nSPS) is 17.6. The highest BCUT2D eigenvalue weighted by atomic mass is 19.1. The summed E-state index contributed by atoms with van der Waals surface area (Å²) in [6.45, 7) is 2.53. The van der Waals surface area contributed by atoms with Crippen LogP contribution in [0.1, 0.15) is 18.4 Å². The van der Waals surface area contributed by atoms with E-state index in [1.54, 1.807) is 24.2 Å². The summed E-state index contributed by atoms with van der Waals surface area (Å²) < 4.78 is 19.4. The van der Waals surface area contributed by atoms with Crippen molar-refractivity contribution in [3.05, 3.63) is 102 Å². The van der Waals surface area contributed by atoms with Gasteiger partial charge in [0.25, 0.3) is 5.91 Å². The van der Waals surface area contributed by atoms with Crippen LogP contribution in [0.5, 0.6) is 5.75 Å². The Bertz CT molecular complexity index is 1190. The van der Waals surface area contributed by atoms with Crippen LogP contribution in [0.3, 0.4) is 0 Å². The maximum Gasteiger partial charge on any atom is 0.253 e. The first-order valence-corrected chi connectivity index (χ1v) is 11.6. The summed E-state index contributed by atoms with van der Waals surface area (Å²) >= 11 is 0. The van der Waals surface area contributed by atoms with Crippen molar-refractivity contribution in [1.82, 2.24) is 4.90 Å². The third-order valence-corrected chi connectivity index (χ3v) is 6.79. The van der Waals surface area contributed by atoms with E-state index in [1.807, 2.05) is 36.4 Å². The van der Waals surface area contributed by atoms with Crippen LogP contribution in [0.15, 0.2) is 90.6 Å². The van der Waals surface area contributed by atoms with E-state index in [2.05, 4.69) is 34.5 Å². The average molecular weight is 458 g/mol. The van der Waals surface area contributed by atoms with Gasteiger partial charge in [-0.3, -0.25) is 14.6 Å². The number of likely N-dealkylation sites (tertiary alicyclic amines) is 1. The minimum absolute atomic E-state index is 0.127. The first kappa shape index (κ1) is 22.2. The first-order valence-electron chi connectivity index (χ1n) is 11.6. The minimum Gasteiger partial charge on any atom is -0.497 e. The number of hydrogen-bond acceptors (Lipinski definition) is 4. The van der Waals surface area contributed by atoms with Crippen LogP contribution in [-0.4, -0.2) is 36.5 Å². The first-order chi connectivity index (χ1) is 16.6. The summed E-state index contributed by atoms with van der Waals surface area (Å²) in [4.78, 5) is 17.5. The fourth-order valence-corrected chi connectivity index (χ4v) is 5.04. The van der Waals surface area contributed by atoms with Crippen LogP contribution in [0.25, 0.3) is 0 Å². The fourth-order valence-electron chi connectivity index (χ4n) is 5.04. The third kappa shape index (κ3) is 4.29. The molecule has 2 heterocycles. The van der Waals surface area contributed by atoms with Crippen LogP contribution in [0, 0.1) is 5.82 Å². The van der Waals surface area contributed by atoms with Gasteiger partial charge in [0.15, 0.2) is 0 Å². The van der Waals surface area contributed by atoms with Crippen molar-refractivity contribution >= 4 is 17.3 Å². The van der Waals surface area contributed by atoms with Crippen molar-refractivity contribution in [1.29, 1.82) is 0 Å². The summed E-state index contributed by atoms with van der Waals surface area (Å²) in [5, 5.41) is 3.49.